The first-order valence-corrected chi connectivity index (χ1v) is 8.39. The highest BCUT2D eigenvalue weighted by Gasteiger charge is 2.22. The first-order chi connectivity index (χ1) is 12.7. The van der Waals surface area contributed by atoms with Crippen LogP contribution in [0.3, 0.4) is 0 Å². The lowest BCUT2D eigenvalue weighted by Gasteiger charge is -2.12. The van der Waals surface area contributed by atoms with Crippen LogP contribution >= 0.6 is 0 Å². The molecule has 128 valence electrons. The molecule has 4 rings (SSSR count). The van der Waals surface area contributed by atoms with E-state index >= 15 is 0 Å². The van der Waals surface area contributed by atoms with Crippen molar-refractivity contribution in [2.75, 3.05) is 10.6 Å². The molecular weight excluding hydrogens is 329 g/mol. The van der Waals surface area contributed by atoms with Gasteiger partial charge in [-0.1, -0.05) is 36.4 Å². The van der Waals surface area contributed by atoms with E-state index < -0.39 is 5.82 Å². The van der Waals surface area contributed by atoms with Crippen LogP contribution in [0.25, 0.3) is 11.3 Å². The third-order valence-corrected chi connectivity index (χ3v) is 4.09. The quantitative estimate of drug-likeness (QED) is 0.713. The summed E-state index contributed by atoms with van der Waals surface area (Å²) in [5.41, 5.74) is 2.05. The van der Waals surface area contributed by atoms with Crippen LogP contribution in [0.1, 0.15) is 18.4 Å². The largest absolute Gasteiger partial charge is 0.351 e. The Morgan fingerprint density at radius 1 is 1.04 bits per heavy atom. The molecule has 1 heterocycles. The molecule has 0 aliphatic heterocycles. The van der Waals surface area contributed by atoms with E-state index in [1.165, 1.54) is 6.07 Å². The second kappa shape index (κ2) is 6.81. The zero-order chi connectivity index (χ0) is 17.9. The monoisotopic (exact) mass is 345 g/mol. The number of nitrogens with one attached hydrogen (secondary N) is 2. The second-order valence-corrected chi connectivity index (χ2v) is 6.15. The minimum absolute atomic E-state index is 0.0379. The Balaban J connectivity index is 1.73. The zero-order valence-corrected chi connectivity index (χ0v) is 13.9. The van der Waals surface area contributed by atoms with Crippen LogP contribution in [0.2, 0.25) is 0 Å². The number of anilines is 3. The summed E-state index contributed by atoms with van der Waals surface area (Å²) >= 11 is 0. The Hall–Kier alpha value is -3.46. The first kappa shape index (κ1) is 16.0. The van der Waals surface area contributed by atoms with E-state index in [1.54, 1.807) is 18.2 Å². The predicted molar refractivity (Wildman–Crippen MR) is 98.5 cm³/mol. The molecule has 1 aliphatic rings. The molecule has 2 aromatic carbocycles. The lowest BCUT2D eigenvalue weighted by atomic mass is 10.1. The van der Waals surface area contributed by atoms with Gasteiger partial charge in [-0.3, -0.25) is 0 Å². The summed E-state index contributed by atoms with van der Waals surface area (Å²) in [6.07, 6.45) is 2.20. The average Bonchev–Trinajstić information content (AvgIpc) is 3.46. The molecule has 6 heteroatoms. The molecule has 1 aromatic heterocycles. The number of halogens is 1. The standard InChI is InChI=1S/C20H16FN5/c21-16-7-4-8-17(15(16)12-22)24-19-11-18(13-5-2-1-3-6-13)25-20(26-19)23-14-9-10-14/h1-8,11,14H,9-10H2,(H2,23,24,25,26). The summed E-state index contributed by atoms with van der Waals surface area (Å²) in [5.74, 6) is 0.460. The fourth-order valence-electron chi connectivity index (χ4n) is 2.62. The molecular formula is C20H16FN5. The lowest BCUT2D eigenvalue weighted by Crippen LogP contribution is -2.08. The maximum Gasteiger partial charge on any atom is 0.225 e. The fraction of sp³-hybridized carbons (Fsp3) is 0.150. The maximum absolute atomic E-state index is 13.8. The zero-order valence-electron chi connectivity index (χ0n) is 13.9. The van der Waals surface area contributed by atoms with Crippen LogP contribution in [0.5, 0.6) is 0 Å². The Morgan fingerprint density at radius 3 is 2.58 bits per heavy atom. The van der Waals surface area contributed by atoms with Gasteiger partial charge in [0.15, 0.2) is 0 Å². The van der Waals surface area contributed by atoms with Gasteiger partial charge in [0, 0.05) is 17.7 Å². The average molecular weight is 345 g/mol. The molecule has 0 saturated heterocycles. The smallest absolute Gasteiger partial charge is 0.225 e. The van der Waals surface area contributed by atoms with Crippen LogP contribution in [0.15, 0.2) is 54.6 Å². The van der Waals surface area contributed by atoms with E-state index in [2.05, 4.69) is 20.6 Å². The number of nitriles is 1. The molecule has 0 amide bonds. The van der Waals surface area contributed by atoms with Gasteiger partial charge in [-0.15, -0.1) is 0 Å². The van der Waals surface area contributed by atoms with Gasteiger partial charge in [-0.25, -0.2) is 9.37 Å². The van der Waals surface area contributed by atoms with Gasteiger partial charge in [0.1, 0.15) is 23.3 Å². The van der Waals surface area contributed by atoms with Crippen molar-refractivity contribution in [1.82, 2.24) is 9.97 Å². The third kappa shape index (κ3) is 3.47. The summed E-state index contributed by atoms with van der Waals surface area (Å²) in [5, 5.41) is 15.6. The topological polar surface area (TPSA) is 73.6 Å². The predicted octanol–water partition coefficient (Wildman–Crippen LogP) is 4.47. The highest BCUT2D eigenvalue weighted by molar-refractivity contribution is 5.70. The fourth-order valence-corrected chi connectivity index (χ4v) is 2.62. The number of rotatable bonds is 5. The van der Waals surface area contributed by atoms with Crippen LogP contribution in [0.4, 0.5) is 21.8 Å². The van der Waals surface area contributed by atoms with Crippen molar-refractivity contribution < 1.29 is 4.39 Å². The minimum atomic E-state index is -0.564. The number of hydrogen-bond donors (Lipinski definition) is 2. The third-order valence-electron chi connectivity index (χ3n) is 4.09. The molecule has 0 atom stereocenters. The van der Waals surface area contributed by atoms with Crippen molar-refractivity contribution in [3.8, 4) is 17.3 Å². The highest BCUT2D eigenvalue weighted by atomic mass is 19.1. The maximum atomic E-state index is 13.8. The molecule has 0 unspecified atom stereocenters. The molecule has 2 N–H and O–H groups in total. The van der Waals surface area contributed by atoms with Crippen molar-refractivity contribution >= 4 is 17.5 Å². The SMILES string of the molecule is N#Cc1c(F)cccc1Nc1cc(-c2ccccc2)nc(NC2CC2)n1. The minimum Gasteiger partial charge on any atom is -0.351 e. The molecule has 0 radical (unpaired) electrons. The van der Waals surface area contributed by atoms with Crippen molar-refractivity contribution in [1.29, 1.82) is 5.26 Å². The molecule has 0 bridgehead atoms. The van der Waals surface area contributed by atoms with Crippen molar-refractivity contribution in [3.05, 3.63) is 66.0 Å². The van der Waals surface area contributed by atoms with Gasteiger partial charge < -0.3 is 10.6 Å². The first-order valence-electron chi connectivity index (χ1n) is 8.39. The highest BCUT2D eigenvalue weighted by Crippen LogP contribution is 2.28. The Kier molecular flexibility index (Phi) is 4.20. The van der Waals surface area contributed by atoms with Gasteiger partial charge in [-0.05, 0) is 25.0 Å². The van der Waals surface area contributed by atoms with Gasteiger partial charge in [0.2, 0.25) is 5.95 Å². The van der Waals surface area contributed by atoms with Gasteiger partial charge >= 0.3 is 0 Å². The van der Waals surface area contributed by atoms with Gasteiger partial charge in [-0.2, -0.15) is 10.2 Å². The lowest BCUT2D eigenvalue weighted by molar-refractivity contribution is 0.624. The molecule has 26 heavy (non-hydrogen) atoms. The molecule has 3 aromatic rings. The van der Waals surface area contributed by atoms with Crippen LogP contribution in [0, 0.1) is 17.1 Å². The summed E-state index contributed by atoms with van der Waals surface area (Å²) < 4.78 is 13.8. The number of aromatic nitrogens is 2. The molecule has 1 saturated carbocycles. The Bertz CT molecular complexity index is 977. The number of benzene rings is 2. The summed E-state index contributed by atoms with van der Waals surface area (Å²) in [7, 11) is 0. The molecule has 1 aliphatic carbocycles. The van der Waals surface area contributed by atoms with Crippen LogP contribution < -0.4 is 10.6 Å². The van der Waals surface area contributed by atoms with E-state index in [0.717, 1.165) is 24.1 Å². The van der Waals surface area contributed by atoms with Crippen molar-refractivity contribution in [2.45, 2.75) is 18.9 Å². The van der Waals surface area contributed by atoms with Crippen molar-refractivity contribution in [3.63, 3.8) is 0 Å². The van der Waals surface area contributed by atoms with E-state index in [-0.39, 0.29) is 5.56 Å². The van der Waals surface area contributed by atoms with Gasteiger partial charge in [0.05, 0.1) is 11.4 Å². The van der Waals surface area contributed by atoms with Crippen molar-refractivity contribution in [2.24, 2.45) is 0 Å². The van der Waals surface area contributed by atoms with E-state index in [1.807, 2.05) is 36.4 Å². The van der Waals surface area contributed by atoms with E-state index in [0.29, 0.717) is 23.5 Å². The normalized spacial score (nSPS) is 13.1. The number of nitrogens with zero attached hydrogens (tertiary/aromatic N) is 3. The second-order valence-electron chi connectivity index (χ2n) is 6.15. The Labute approximate surface area is 150 Å². The van der Waals surface area contributed by atoms with Gasteiger partial charge in [0.25, 0.3) is 0 Å². The molecule has 1 fully saturated rings. The number of hydrogen-bond acceptors (Lipinski definition) is 5. The van der Waals surface area contributed by atoms with Crippen LogP contribution in [-0.4, -0.2) is 16.0 Å². The summed E-state index contributed by atoms with van der Waals surface area (Å²) in [4.78, 5) is 9.06. The molecule has 5 nitrogen and oxygen atoms in total. The summed E-state index contributed by atoms with van der Waals surface area (Å²) in [6.45, 7) is 0. The van der Waals surface area contributed by atoms with E-state index in [4.69, 9.17) is 0 Å². The van der Waals surface area contributed by atoms with Crippen LogP contribution in [-0.2, 0) is 0 Å². The van der Waals surface area contributed by atoms with E-state index in [9.17, 15) is 9.65 Å². The Morgan fingerprint density at radius 2 is 1.85 bits per heavy atom. The summed E-state index contributed by atoms with van der Waals surface area (Å²) in [6, 6.07) is 18.3. The molecule has 0 spiro atoms.